The number of nitrogens with two attached hydrogens (primary N) is 1. The van der Waals surface area contributed by atoms with Crippen LogP contribution in [0.3, 0.4) is 0 Å². The zero-order valence-corrected chi connectivity index (χ0v) is 11.5. The fourth-order valence-corrected chi connectivity index (χ4v) is 2.72. The predicted octanol–water partition coefficient (Wildman–Crippen LogP) is 2.32. The lowest BCUT2D eigenvalue weighted by Gasteiger charge is -2.37. The molecule has 1 aliphatic rings. The summed E-state index contributed by atoms with van der Waals surface area (Å²) in [5, 5.41) is 11.1. The topological polar surface area (TPSA) is 72.4 Å². The van der Waals surface area contributed by atoms with E-state index < -0.39 is 0 Å². The maximum Gasteiger partial charge on any atom is 0.292 e. The van der Waals surface area contributed by atoms with Gasteiger partial charge in [0.25, 0.3) is 5.69 Å². The van der Waals surface area contributed by atoms with E-state index in [0.29, 0.717) is 18.4 Å². The Kier molecular flexibility index (Phi) is 4.04. The number of hydrogen-bond acceptors (Lipinski definition) is 4. The van der Waals surface area contributed by atoms with Crippen molar-refractivity contribution in [3.63, 3.8) is 0 Å². The van der Waals surface area contributed by atoms with E-state index in [1.807, 2.05) is 13.0 Å². The summed E-state index contributed by atoms with van der Waals surface area (Å²) in [5.41, 5.74) is 7.77. The minimum absolute atomic E-state index is 0.191. The molecule has 1 fully saturated rings. The van der Waals surface area contributed by atoms with Gasteiger partial charge in [-0.15, -0.1) is 0 Å². The smallest absolute Gasteiger partial charge is 0.292 e. The van der Waals surface area contributed by atoms with E-state index in [1.165, 1.54) is 0 Å². The molecule has 0 bridgehead atoms. The Morgan fingerprint density at radius 2 is 2.26 bits per heavy atom. The number of piperidine rings is 1. The van der Waals surface area contributed by atoms with Gasteiger partial charge in [0.2, 0.25) is 0 Å². The van der Waals surface area contributed by atoms with Crippen molar-refractivity contribution in [2.24, 2.45) is 17.6 Å². The van der Waals surface area contributed by atoms with Gasteiger partial charge in [-0.1, -0.05) is 13.0 Å². The van der Waals surface area contributed by atoms with Crippen molar-refractivity contribution in [1.29, 1.82) is 0 Å². The van der Waals surface area contributed by atoms with E-state index in [0.717, 1.165) is 30.8 Å². The van der Waals surface area contributed by atoms with Gasteiger partial charge in [-0.25, -0.2) is 0 Å². The average molecular weight is 263 g/mol. The maximum absolute atomic E-state index is 11.1. The summed E-state index contributed by atoms with van der Waals surface area (Å²) in [5.74, 6) is 0.999. The summed E-state index contributed by atoms with van der Waals surface area (Å²) in [6, 6.07) is 5.29. The van der Waals surface area contributed by atoms with Crippen LogP contribution in [0.25, 0.3) is 0 Å². The van der Waals surface area contributed by atoms with Crippen molar-refractivity contribution in [3.8, 4) is 0 Å². The van der Waals surface area contributed by atoms with Crippen LogP contribution in [0.5, 0.6) is 0 Å². The third-order valence-corrected chi connectivity index (χ3v) is 4.09. The third-order valence-electron chi connectivity index (χ3n) is 4.09. The van der Waals surface area contributed by atoms with Crippen LogP contribution in [0.2, 0.25) is 0 Å². The van der Waals surface area contributed by atoms with Gasteiger partial charge in [0.15, 0.2) is 0 Å². The van der Waals surface area contributed by atoms with Gasteiger partial charge in [-0.2, -0.15) is 0 Å². The average Bonchev–Trinajstić information content (AvgIpc) is 2.38. The van der Waals surface area contributed by atoms with E-state index >= 15 is 0 Å². The van der Waals surface area contributed by atoms with Crippen LogP contribution in [-0.2, 0) is 0 Å². The minimum Gasteiger partial charge on any atom is -0.366 e. The monoisotopic (exact) mass is 263 g/mol. The molecule has 0 amide bonds. The van der Waals surface area contributed by atoms with Crippen LogP contribution in [0.15, 0.2) is 18.2 Å². The van der Waals surface area contributed by atoms with Crippen molar-refractivity contribution in [2.45, 2.75) is 20.3 Å². The second kappa shape index (κ2) is 5.57. The van der Waals surface area contributed by atoms with Crippen LogP contribution in [0.1, 0.15) is 18.9 Å². The molecule has 0 aromatic heterocycles. The SMILES string of the molecule is Cc1ccc([N+](=O)[O-])c(N2CCC(C)C(CN)C2)c1. The predicted molar refractivity (Wildman–Crippen MR) is 76.4 cm³/mol. The van der Waals surface area contributed by atoms with Crippen LogP contribution < -0.4 is 10.6 Å². The van der Waals surface area contributed by atoms with Gasteiger partial charge in [0.1, 0.15) is 5.69 Å². The van der Waals surface area contributed by atoms with Crippen LogP contribution >= 0.6 is 0 Å². The van der Waals surface area contributed by atoms with Crippen molar-refractivity contribution in [2.75, 3.05) is 24.5 Å². The number of anilines is 1. The molecule has 2 N–H and O–H groups in total. The lowest BCUT2D eigenvalue weighted by molar-refractivity contribution is -0.384. The number of hydrogen-bond donors (Lipinski definition) is 1. The van der Waals surface area contributed by atoms with Gasteiger partial charge in [-0.3, -0.25) is 10.1 Å². The molecule has 1 aromatic rings. The second-order valence-electron chi connectivity index (χ2n) is 5.46. The van der Waals surface area contributed by atoms with E-state index in [9.17, 15) is 10.1 Å². The number of nitro benzene ring substituents is 1. The highest BCUT2D eigenvalue weighted by molar-refractivity contribution is 5.64. The zero-order chi connectivity index (χ0) is 14.0. The lowest BCUT2D eigenvalue weighted by atomic mass is 9.87. The van der Waals surface area contributed by atoms with Crippen molar-refractivity contribution >= 4 is 11.4 Å². The second-order valence-corrected chi connectivity index (χ2v) is 5.46. The highest BCUT2D eigenvalue weighted by Gasteiger charge is 2.28. The quantitative estimate of drug-likeness (QED) is 0.671. The molecule has 104 valence electrons. The van der Waals surface area contributed by atoms with E-state index in [2.05, 4.69) is 11.8 Å². The number of rotatable bonds is 3. The molecule has 0 aliphatic carbocycles. The molecule has 0 spiro atoms. The van der Waals surface area contributed by atoms with Gasteiger partial charge in [0, 0.05) is 19.2 Å². The molecule has 2 rings (SSSR count). The Morgan fingerprint density at radius 1 is 1.53 bits per heavy atom. The molecule has 1 saturated heterocycles. The molecule has 1 heterocycles. The number of nitrogens with zero attached hydrogens (tertiary/aromatic N) is 2. The number of nitro groups is 1. The van der Waals surface area contributed by atoms with Crippen molar-refractivity contribution < 1.29 is 4.92 Å². The van der Waals surface area contributed by atoms with Crippen molar-refractivity contribution in [1.82, 2.24) is 0 Å². The van der Waals surface area contributed by atoms with E-state index in [4.69, 9.17) is 5.73 Å². The number of benzene rings is 1. The first-order valence-electron chi connectivity index (χ1n) is 6.73. The first-order chi connectivity index (χ1) is 9.02. The van der Waals surface area contributed by atoms with Gasteiger partial charge < -0.3 is 10.6 Å². The summed E-state index contributed by atoms with van der Waals surface area (Å²) < 4.78 is 0. The van der Waals surface area contributed by atoms with Crippen LogP contribution in [0, 0.1) is 28.9 Å². The Balaban J connectivity index is 2.31. The van der Waals surface area contributed by atoms with Gasteiger partial charge >= 0.3 is 0 Å². The summed E-state index contributed by atoms with van der Waals surface area (Å²) in [4.78, 5) is 13.0. The first-order valence-corrected chi connectivity index (χ1v) is 6.73. The fourth-order valence-electron chi connectivity index (χ4n) is 2.72. The molecule has 2 unspecified atom stereocenters. The van der Waals surface area contributed by atoms with Gasteiger partial charge in [0.05, 0.1) is 4.92 Å². The lowest BCUT2D eigenvalue weighted by Crippen LogP contribution is -2.42. The zero-order valence-electron chi connectivity index (χ0n) is 11.5. The van der Waals surface area contributed by atoms with Crippen LogP contribution in [0.4, 0.5) is 11.4 Å². The standard InChI is InChI=1S/C14H21N3O2/c1-10-3-4-13(17(18)19)14(7-10)16-6-5-11(2)12(8-15)9-16/h3-4,7,11-12H,5-6,8-9,15H2,1-2H3. The molecular formula is C14H21N3O2. The summed E-state index contributed by atoms with van der Waals surface area (Å²) >= 11 is 0. The summed E-state index contributed by atoms with van der Waals surface area (Å²) in [6.07, 6.45) is 1.03. The molecule has 1 aromatic carbocycles. The Labute approximate surface area is 113 Å². The fraction of sp³-hybridized carbons (Fsp3) is 0.571. The Morgan fingerprint density at radius 3 is 2.89 bits per heavy atom. The molecule has 19 heavy (non-hydrogen) atoms. The third kappa shape index (κ3) is 2.87. The normalized spacial score (nSPS) is 23.4. The molecule has 2 atom stereocenters. The molecule has 1 aliphatic heterocycles. The van der Waals surface area contributed by atoms with E-state index in [-0.39, 0.29) is 10.6 Å². The Bertz CT molecular complexity index is 476. The van der Waals surface area contributed by atoms with Crippen molar-refractivity contribution in [3.05, 3.63) is 33.9 Å². The first kappa shape index (κ1) is 13.8. The Hall–Kier alpha value is -1.62. The highest BCUT2D eigenvalue weighted by atomic mass is 16.6. The van der Waals surface area contributed by atoms with Crippen LogP contribution in [-0.4, -0.2) is 24.6 Å². The summed E-state index contributed by atoms with van der Waals surface area (Å²) in [6.45, 7) is 6.47. The largest absolute Gasteiger partial charge is 0.366 e. The summed E-state index contributed by atoms with van der Waals surface area (Å²) in [7, 11) is 0. The molecule has 5 heteroatoms. The van der Waals surface area contributed by atoms with E-state index in [1.54, 1.807) is 12.1 Å². The van der Waals surface area contributed by atoms with Gasteiger partial charge in [-0.05, 0) is 43.4 Å². The number of aryl methyl sites for hydroxylation is 1. The molecule has 0 saturated carbocycles. The molecular weight excluding hydrogens is 242 g/mol. The maximum atomic E-state index is 11.1. The minimum atomic E-state index is -0.301. The molecule has 0 radical (unpaired) electrons. The molecule has 5 nitrogen and oxygen atoms in total. The highest BCUT2D eigenvalue weighted by Crippen LogP contribution is 2.33.